The zero-order valence-electron chi connectivity index (χ0n) is 45.5. The lowest BCUT2D eigenvalue weighted by Crippen LogP contribution is -2.03. The molecule has 0 aliphatic rings. The quantitative estimate of drug-likeness (QED) is 0.0931. The van der Waals surface area contributed by atoms with Gasteiger partial charge in [-0.3, -0.25) is 9.97 Å². The average Bonchev–Trinajstić information content (AvgIpc) is 3.41. The standard InChI is InChI=1S/C13H12.C8H10.C7H3F5.C7H7F.2C7H8.2C6H7N/c1-11-7-5-6-10-13(11)12-8-3-2-4-9-12;1-7-3-5-8(2)6-4-7;1-2-3(8)5(10)7(12)6(11)4(2)9;1-6-2-4-7(8)5-3-6;2*1-7-5-3-2-4-6-7;1-6-2-4-7-5-3-6;1-6-3-2-4-7-5-6/h2-10H,1H3;3-6H,1-2H3;1H3;2-5H,1H3;2*2-6H,1H3;2*2-5H,1H3/i;;;;2D,3D,4D,5D,6D;;;. The summed E-state index contributed by atoms with van der Waals surface area (Å²) in [5.41, 5.74) is 10.9. The van der Waals surface area contributed by atoms with Crippen LogP contribution in [0.1, 0.15) is 56.9 Å². The highest BCUT2D eigenvalue weighted by Gasteiger charge is 2.22. The molecule has 2 aromatic heterocycles. The molecule has 9 aromatic rings. The van der Waals surface area contributed by atoms with Crippen molar-refractivity contribution in [3.63, 3.8) is 0 Å². The normalized spacial score (nSPS) is 10.4. The maximum atomic E-state index is 12.4. The van der Waals surface area contributed by atoms with Gasteiger partial charge in [-0.2, -0.15) is 0 Å². The van der Waals surface area contributed by atoms with Gasteiger partial charge in [0.25, 0.3) is 0 Å². The first-order chi connectivity index (χ1) is 35.1. The number of pyridine rings is 2. The lowest BCUT2D eigenvalue weighted by atomic mass is 10.0. The van der Waals surface area contributed by atoms with E-state index in [1.54, 1.807) is 30.7 Å². The van der Waals surface area contributed by atoms with Crippen molar-refractivity contribution in [1.82, 2.24) is 9.97 Å². The van der Waals surface area contributed by atoms with E-state index in [-0.39, 0.29) is 36.0 Å². The van der Waals surface area contributed by atoms with Crippen LogP contribution >= 0.6 is 0 Å². The summed E-state index contributed by atoms with van der Waals surface area (Å²) in [6.45, 7) is 16.7. The van der Waals surface area contributed by atoms with Crippen LogP contribution < -0.4 is 0 Å². The van der Waals surface area contributed by atoms with Gasteiger partial charge >= 0.3 is 0 Å². The first-order valence-corrected chi connectivity index (χ1v) is 21.7. The van der Waals surface area contributed by atoms with Gasteiger partial charge in [0.05, 0.1) is 6.85 Å². The fourth-order valence-corrected chi connectivity index (χ4v) is 5.12. The van der Waals surface area contributed by atoms with Crippen molar-refractivity contribution in [1.29, 1.82) is 0 Å². The van der Waals surface area contributed by atoms with Crippen molar-refractivity contribution in [3.05, 3.63) is 298 Å². The van der Waals surface area contributed by atoms with E-state index in [0.29, 0.717) is 5.56 Å². The van der Waals surface area contributed by atoms with Crippen LogP contribution in [0.15, 0.2) is 213 Å². The molecule has 0 radical (unpaired) electrons. The molecule has 8 heteroatoms. The number of benzene rings is 7. The van der Waals surface area contributed by atoms with E-state index >= 15 is 0 Å². The fourth-order valence-electron chi connectivity index (χ4n) is 5.12. The van der Waals surface area contributed by atoms with Gasteiger partial charge in [0.2, 0.25) is 5.82 Å². The highest BCUT2D eigenvalue weighted by atomic mass is 19.2. The molecule has 0 saturated carbocycles. The number of hydrogen-bond donors (Lipinski definition) is 0. The highest BCUT2D eigenvalue weighted by Crippen LogP contribution is 2.23. The predicted molar refractivity (Wildman–Crippen MR) is 275 cm³/mol. The minimum absolute atomic E-state index is 0.124. The summed E-state index contributed by atoms with van der Waals surface area (Å²) in [5, 5.41) is 0. The number of hydrogen-bond acceptors (Lipinski definition) is 2. The molecule has 0 spiro atoms. The van der Waals surface area contributed by atoms with Crippen LogP contribution in [-0.4, -0.2) is 9.97 Å². The summed E-state index contributed by atoms with van der Waals surface area (Å²) in [7, 11) is 0. The van der Waals surface area contributed by atoms with Crippen LogP contribution in [0, 0.1) is 97.2 Å². The Labute approximate surface area is 413 Å². The van der Waals surface area contributed by atoms with E-state index in [0.717, 1.165) is 12.5 Å². The fraction of sp³-hybridized carbons (Fsp3) is 0.148. The van der Waals surface area contributed by atoms with Crippen LogP contribution in [0.25, 0.3) is 11.1 Å². The third-order valence-electron chi connectivity index (χ3n) is 9.11. The molecule has 0 amide bonds. The molecule has 0 bridgehead atoms. The molecule has 2 nitrogen and oxygen atoms in total. The highest BCUT2D eigenvalue weighted by molar-refractivity contribution is 5.66. The Kier molecular flexibility index (Phi) is 23.6. The lowest BCUT2D eigenvalue weighted by Gasteiger charge is -2.04. The van der Waals surface area contributed by atoms with Gasteiger partial charge < -0.3 is 0 Å². The molecular formula is C61H62F6N2. The Morgan fingerprint density at radius 2 is 0.739 bits per heavy atom. The van der Waals surface area contributed by atoms with Crippen molar-refractivity contribution < 1.29 is 33.2 Å². The second-order valence-corrected chi connectivity index (χ2v) is 15.3. The Morgan fingerprint density at radius 3 is 1.12 bits per heavy atom. The van der Waals surface area contributed by atoms with E-state index in [4.69, 9.17) is 6.85 Å². The number of aryl methyl sites for hydroxylation is 7. The molecular weight excluding hydrogens is 875 g/mol. The van der Waals surface area contributed by atoms with Crippen LogP contribution in [0.5, 0.6) is 0 Å². The Morgan fingerprint density at radius 1 is 0.333 bits per heavy atom. The topological polar surface area (TPSA) is 25.8 Å². The van der Waals surface area contributed by atoms with Crippen molar-refractivity contribution >= 4 is 0 Å². The third kappa shape index (κ3) is 24.7. The van der Waals surface area contributed by atoms with Crippen LogP contribution in [-0.2, 0) is 0 Å². The van der Waals surface area contributed by atoms with E-state index < -0.39 is 34.6 Å². The molecule has 7 aromatic carbocycles. The van der Waals surface area contributed by atoms with E-state index in [1.165, 1.54) is 63.6 Å². The number of aromatic nitrogens is 2. The summed E-state index contributed by atoms with van der Waals surface area (Å²) >= 11 is 0. The summed E-state index contributed by atoms with van der Waals surface area (Å²) in [6.07, 6.45) is 7.18. The smallest absolute Gasteiger partial charge is 0.200 e. The zero-order chi connectivity index (χ0) is 55.3. The molecule has 2 heterocycles. The molecule has 0 aliphatic heterocycles. The SMILES string of the molecule is Cc1c(F)c(F)c(F)c(F)c1F.Cc1ccc(C)cc1.Cc1ccc(F)cc1.Cc1ccccc1.Cc1ccccc1-c1ccccc1.Cc1cccnc1.Cc1ccncc1.[2H]c1c([2H])c([2H])c(C)c([2H])c1[2H]. The van der Waals surface area contributed by atoms with Gasteiger partial charge in [-0.25, -0.2) is 26.3 Å². The van der Waals surface area contributed by atoms with Crippen molar-refractivity contribution in [2.45, 2.75) is 62.3 Å². The molecule has 0 atom stereocenters. The zero-order valence-corrected chi connectivity index (χ0v) is 40.5. The Bertz CT molecular complexity index is 2570. The van der Waals surface area contributed by atoms with E-state index in [9.17, 15) is 26.3 Å². The second-order valence-electron chi connectivity index (χ2n) is 15.3. The largest absolute Gasteiger partial charge is 0.265 e. The molecule has 0 unspecified atom stereocenters. The second kappa shape index (κ2) is 33.0. The molecule has 0 N–H and O–H groups in total. The summed E-state index contributed by atoms with van der Waals surface area (Å²) in [5.74, 6) is -9.69. The number of nitrogens with zero attached hydrogens (tertiary/aromatic N) is 2. The van der Waals surface area contributed by atoms with Gasteiger partial charge in [-0.1, -0.05) is 185 Å². The third-order valence-corrected chi connectivity index (χ3v) is 9.11. The molecule has 0 fully saturated rings. The molecule has 358 valence electrons. The first kappa shape index (κ1) is 49.3. The number of halogens is 6. The molecule has 9 rings (SSSR count). The molecule has 69 heavy (non-hydrogen) atoms. The molecule has 0 saturated heterocycles. The van der Waals surface area contributed by atoms with E-state index in [2.05, 4.69) is 123 Å². The van der Waals surface area contributed by atoms with Gasteiger partial charge in [-0.05, 0) is 120 Å². The van der Waals surface area contributed by atoms with Crippen LogP contribution in [0.2, 0.25) is 0 Å². The van der Waals surface area contributed by atoms with Gasteiger partial charge in [0.15, 0.2) is 23.3 Å². The van der Waals surface area contributed by atoms with Gasteiger partial charge in [0.1, 0.15) is 5.82 Å². The van der Waals surface area contributed by atoms with Crippen molar-refractivity contribution in [2.24, 2.45) is 0 Å². The van der Waals surface area contributed by atoms with Gasteiger partial charge in [-0.15, -0.1) is 0 Å². The summed E-state index contributed by atoms with van der Waals surface area (Å²) in [4.78, 5) is 7.73. The van der Waals surface area contributed by atoms with Gasteiger partial charge in [0, 0.05) is 30.4 Å². The summed E-state index contributed by atoms with van der Waals surface area (Å²) in [6, 6.07) is 50.8. The average molecular weight is 942 g/mol. The maximum absolute atomic E-state index is 12.4. The monoisotopic (exact) mass is 942 g/mol. The minimum atomic E-state index is -2.13. The van der Waals surface area contributed by atoms with Crippen LogP contribution in [0.3, 0.4) is 0 Å². The van der Waals surface area contributed by atoms with Crippen molar-refractivity contribution in [3.8, 4) is 11.1 Å². The summed E-state index contributed by atoms with van der Waals surface area (Å²) < 4.78 is 110. The Hall–Kier alpha value is -7.58. The predicted octanol–water partition coefficient (Wildman–Crippen LogP) is 17.6. The van der Waals surface area contributed by atoms with Crippen molar-refractivity contribution in [2.75, 3.05) is 0 Å². The molecule has 0 aliphatic carbocycles. The van der Waals surface area contributed by atoms with Crippen LogP contribution in [0.4, 0.5) is 26.3 Å². The lowest BCUT2D eigenvalue weighted by molar-refractivity contribution is 0.373. The maximum Gasteiger partial charge on any atom is 0.200 e. The van der Waals surface area contributed by atoms with E-state index in [1.807, 2.05) is 75.5 Å². The number of rotatable bonds is 1. The Balaban J connectivity index is 0.000000293. The minimum Gasteiger partial charge on any atom is -0.265 e. The first-order valence-electron chi connectivity index (χ1n) is 24.2.